The molecule has 2 heterocycles. The molecule has 0 bridgehead atoms. The number of amides is 2. The molecule has 10 heteroatoms. The predicted octanol–water partition coefficient (Wildman–Crippen LogP) is 11.7. The molecule has 1 aliphatic heterocycles. The normalized spacial score (nSPS) is 19.6. The topological polar surface area (TPSA) is 132 Å². The van der Waals surface area contributed by atoms with Crippen molar-refractivity contribution in [1.29, 1.82) is 0 Å². The minimum Gasteiger partial charge on any atom is -0.382 e. The molecular formula is C49H92N4O6. The summed E-state index contributed by atoms with van der Waals surface area (Å²) in [5, 5.41) is 5.74. The van der Waals surface area contributed by atoms with E-state index in [1.165, 1.54) is 139 Å². The van der Waals surface area contributed by atoms with Crippen molar-refractivity contribution >= 4 is 11.8 Å². The van der Waals surface area contributed by atoms with Gasteiger partial charge in [-0.05, 0) is 43.4 Å². The van der Waals surface area contributed by atoms with Crippen molar-refractivity contribution in [3.05, 3.63) is 32.6 Å². The summed E-state index contributed by atoms with van der Waals surface area (Å²) in [6.45, 7) is 15.5. The summed E-state index contributed by atoms with van der Waals surface area (Å²) < 4.78 is 13.4. The van der Waals surface area contributed by atoms with Crippen LogP contribution in [0.25, 0.3) is 0 Å². The van der Waals surface area contributed by atoms with Crippen LogP contribution in [0.5, 0.6) is 0 Å². The van der Waals surface area contributed by atoms with Gasteiger partial charge in [0.15, 0.2) is 0 Å². The molecule has 0 aromatic carbocycles. The highest BCUT2D eigenvalue weighted by Gasteiger charge is 2.55. The number of aromatic nitrogens is 2. The third-order valence-corrected chi connectivity index (χ3v) is 12.2. The lowest BCUT2D eigenvalue weighted by Gasteiger charge is -2.37. The number of aromatic amines is 1. The van der Waals surface area contributed by atoms with Crippen molar-refractivity contribution in [2.45, 2.75) is 228 Å². The first kappa shape index (κ1) is 54.6. The number of hydrogen-bond donors (Lipinski definition) is 3. The van der Waals surface area contributed by atoms with Gasteiger partial charge in [-0.3, -0.25) is 23.9 Å². The van der Waals surface area contributed by atoms with E-state index in [4.69, 9.17) is 9.47 Å². The second-order valence-electron chi connectivity index (χ2n) is 16.5. The number of nitrogens with zero attached hydrogens (tertiary/aromatic N) is 1. The monoisotopic (exact) mass is 833 g/mol. The molecule has 2 aliphatic carbocycles. The van der Waals surface area contributed by atoms with Gasteiger partial charge >= 0.3 is 5.69 Å². The quantitative estimate of drug-likeness (QED) is 0.0662. The summed E-state index contributed by atoms with van der Waals surface area (Å²) in [7, 11) is 1.67. The van der Waals surface area contributed by atoms with Crippen molar-refractivity contribution in [2.75, 3.05) is 26.8 Å². The Bertz CT molecular complexity index is 1310. The van der Waals surface area contributed by atoms with E-state index in [0.717, 1.165) is 25.7 Å². The molecule has 1 aromatic heterocycles. The average molecular weight is 833 g/mol. The van der Waals surface area contributed by atoms with Crippen molar-refractivity contribution in [3.8, 4) is 0 Å². The maximum atomic E-state index is 13.1. The molecule has 3 fully saturated rings. The van der Waals surface area contributed by atoms with Crippen LogP contribution in [0.15, 0.2) is 15.8 Å². The standard InChI is InChI=1S/C43H74N4O6.3C2H6/c1-3-4-5-6-7-8-9-10-11-12-13-14-15-16-17-18-19-20-21-26-37(48)44-29-23-30-45-40(49)35-31-47(43(51)46-41(35)50)42-39(34-27-28-34)38(33-24-22-25-33)36(53-42)32-52-2;3*1-2/h31,33-34,36,38-39,42H,3-30,32H2,1-2H3,(H,44,48)(H,45,49)(H,46,50,51);3*1-2H3. The number of hydrogen-bond acceptors (Lipinski definition) is 6. The fourth-order valence-corrected chi connectivity index (χ4v) is 8.74. The van der Waals surface area contributed by atoms with Crippen LogP contribution in [-0.2, 0) is 14.3 Å². The Morgan fingerprint density at radius 3 is 1.61 bits per heavy atom. The average Bonchev–Trinajstić information content (AvgIpc) is 4.02. The van der Waals surface area contributed by atoms with E-state index in [0.29, 0.717) is 50.3 Å². The molecule has 10 nitrogen and oxygen atoms in total. The first-order valence-corrected chi connectivity index (χ1v) is 25.0. The van der Waals surface area contributed by atoms with Crippen molar-refractivity contribution in [2.24, 2.45) is 23.7 Å². The summed E-state index contributed by atoms with van der Waals surface area (Å²) in [4.78, 5) is 53.5. The van der Waals surface area contributed by atoms with E-state index in [-0.39, 0.29) is 23.5 Å². The zero-order valence-electron chi connectivity index (χ0n) is 39.4. The van der Waals surface area contributed by atoms with Crippen molar-refractivity contribution < 1.29 is 19.1 Å². The van der Waals surface area contributed by atoms with Crippen LogP contribution in [0.4, 0.5) is 0 Å². The Labute approximate surface area is 360 Å². The molecule has 4 rings (SSSR count). The van der Waals surface area contributed by atoms with Crippen LogP contribution in [0.1, 0.15) is 232 Å². The fourth-order valence-electron chi connectivity index (χ4n) is 8.74. The van der Waals surface area contributed by atoms with Gasteiger partial charge in [0.1, 0.15) is 11.8 Å². The first-order chi connectivity index (χ1) is 28.9. The predicted molar refractivity (Wildman–Crippen MR) is 246 cm³/mol. The number of unbranched alkanes of at least 4 members (excludes halogenated alkanes) is 18. The van der Waals surface area contributed by atoms with Gasteiger partial charge in [0.25, 0.3) is 11.5 Å². The smallest absolute Gasteiger partial charge is 0.330 e. The van der Waals surface area contributed by atoms with Crippen LogP contribution in [-0.4, -0.2) is 54.3 Å². The molecular weight excluding hydrogens is 741 g/mol. The molecule has 1 saturated heterocycles. The second kappa shape index (κ2) is 35.2. The highest BCUT2D eigenvalue weighted by molar-refractivity contribution is 5.93. The number of nitrogens with one attached hydrogen (secondary N) is 3. The van der Waals surface area contributed by atoms with Gasteiger partial charge in [-0.2, -0.15) is 0 Å². The Hall–Kier alpha value is -2.46. The van der Waals surface area contributed by atoms with Gasteiger partial charge in [0, 0.05) is 38.7 Å². The Morgan fingerprint density at radius 1 is 0.678 bits per heavy atom. The van der Waals surface area contributed by atoms with Crippen LogP contribution >= 0.6 is 0 Å². The fraction of sp³-hybridized carbons (Fsp3) is 0.878. The minimum absolute atomic E-state index is 0.0422. The SMILES string of the molecule is CC.CC.CC.CCCCCCCCCCCCCCCCCCCCCC(=O)NCCCNC(=O)c1cn(C2OC(COC)C(C3CCC3)C2C2CC2)c(=O)[nH]c1=O. The molecule has 4 atom stereocenters. The summed E-state index contributed by atoms with van der Waals surface area (Å²) in [5.41, 5.74) is -1.37. The zero-order chi connectivity index (χ0) is 43.7. The summed E-state index contributed by atoms with van der Waals surface area (Å²) in [6.07, 6.45) is 32.9. The molecule has 0 radical (unpaired) electrons. The number of carbonyl (C=O) groups is 2. The molecule has 4 unspecified atom stereocenters. The number of carbonyl (C=O) groups excluding carboxylic acids is 2. The maximum Gasteiger partial charge on any atom is 0.330 e. The second-order valence-corrected chi connectivity index (χ2v) is 16.5. The van der Waals surface area contributed by atoms with Gasteiger partial charge in [0.2, 0.25) is 5.91 Å². The third-order valence-electron chi connectivity index (χ3n) is 12.2. The van der Waals surface area contributed by atoms with Crippen LogP contribution in [0.3, 0.4) is 0 Å². The molecule has 344 valence electrons. The Morgan fingerprint density at radius 2 is 1.15 bits per heavy atom. The van der Waals surface area contributed by atoms with Gasteiger partial charge in [-0.15, -0.1) is 0 Å². The third kappa shape index (κ3) is 21.3. The van der Waals surface area contributed by atoms with Crippen LogP contribution < -0.4 is 21.9 Å². The highest BCUT2D eigenvalue weighted by atomic mass is 16.5. The lowest BCUT2D eigenvalue weighted by Crippen LogP contribution is -2.40. The van der Waals surface area contributed by atoms with Crippen LogP contribution in [0, 0.1) is 23.7 Å². The van der Waals surface area contributed by atoms with E-state index in [1.807, 2.05) is 41.5 Å². The molecule has 59 heavy (non-hydrogen) atoms. The number of ether oxygens (including phenoxy) is 2. The van der Waals surface area contributed by atoms with Gasteiger partial charge < -0.3 is 20.1 Å². The number of H-pyrrole nitrogens is 1. The van der Waals surface area contributed by atoms with Gasteiger partial charge in [0.05, 0.1) is 12.7 Å². The van der Waals surface area contributed by atoms with Crippen molar-refractivity contribution in [1.82, 2.24) is 20.2 Å². The number of methoxy groups -OCH3 is 1. The summed E-state index contributed by atoms with van der Waals surface area (Å²) in [6, 6.07) is 0. The molecule has 0 spiro atoms. The van der Waals surface area contributed by atoms with E-state index in [2.05, 4.69) is 22.5 Å². The lowest BCUT2D eigenvalue weighted by molar-refractivity contribution is -0.121. The van der Waals surface area contributed by atoms with E-state index in [9.17, 15) is 19.2 Å². The van der Waals surface area contributed by atoms with E-state index < -0.39 is 23.4 Å². The number of rotatable bonds is 30. The molecule has 3 aliphatic rings. The maximum absolute atomic E-state index is 13.1. The largest absolute Gasteiger partial charge is 0.382 e. The lowest BCUT2D eigenvalue weighted by atomic mass is 9.68. The van der Waals surface area contributed by atoms with E-state index in [1.54, 1.807) is 7.11 Å². The molecule has 3 N–H and O–H groups in total. The Kier molecular flexibility index (Phi) is 32.5. The van der Waals surface area contributed by atoms with Crippen molar-refractivity contribution in [3.63, 3.8) is 0 Å². The molecule has 2 saturated carbocycles. The Balaban J connectivity index is 0.00000277. The first-order valence-electron chi connectivity index (χ1n) is 25.0. The highest BCUT2D eigenvalue weighted by Crippen LogP contribution is 2.57. The summed E-state index contributed by atoms with van der Waals surface area (Å²) in [5.74, 6) is 0.993. The molecule has 2 amide bonds. The van der Waals surface area contributed by atoms with Crippen LogP contribution in [0.2, 0.25) is 0 Å². The summed E-state index contributed by atoms with van der Waals surface area (Å²) >= 11 is 0. The van der Waals surface area contributed by atoms with Gasteiger partial charge in [-0.1, -0.05) is 183 Å². The van der Waals surface area contributed by atoms with Gasteiger partial charge in [-0.25, -0.2) is 4.79 Å². The zero-order valence-corrected chi connectivity index (χ0v) is 39.4. The minimum atomic E-state index is -0.707. The van der Waals surface area contributed by atoms with E-state index >= 15 is 0 Å². The molecule has 1 aromatic rings.